The number of halogens is 3. The van der Waals surface area contributed by atoms with Crippen LogP contribution in [0.2, 0.25) is 0 Å². The number of amides is 1. The van der Waals surface area contributed by atoms with Gasteiger partial charge in [-0.25, -0.2) is 8.78 Å². The van der Waals surface area contributed by atoms with Crippen LogP contribution in [0.4, 0.5) is 8.78 Å². The Labute approximate surface area is 149 Å². The van der Waals surface area contributed by atoms with Gasteiger partial charge < -0.3 is 9.88 Å². The third-order valence-electron chi connectivity index (χ3n) is 3.54. The van der Waals surface area contributed by atoms with E-state index in [0.29, 0.717) is 17.8 Å². The van der Waals surface area contributed by atoms with E-state index in [9.17, 15) is 13.6 Å². The highest BCUT2D eigenvalue weighted by Crippen LogP contribution is 2.33. The second kappa shape index (κ2) is 6.86. The third-order valence-corrected chi connectivity index (χ3v) is 5.12. The summed E-state index contributed by atoms with van der Waals surface area (Å²) in [5.41, 5.74) is 1.56. The van der Waals surface area contributed by atoms with Crippen molar-refractivity contribution < 1.29 is 13.6 Å². The van der Waals surface area contributed by atoms with Crippen LogP contribution in [0.1, 0.15) is 16.1 Å². The van der Waals surface area contributed by atoms with E-state index in [4.69, 9.17) is 0 Å². The molecule has 24 heavy (non-hydrogen) atoms. The predicted octanol–water partition coefficient (Wildman–Crippen LogP) is 4.71. The number of thiophene rings is 1. The smallest absolute Gasteiger partial charge is 0.268 e. The molecule has 3 rings (SSSR count). The molecule has 0 saturated carbocycles. The first-order valence-corrected chi connectivity index (χ1v) is 8.72. The Balaban J connectivity index is 2.06. The van der Waals surface area contributed by atoms with Crippen LogP contribution >= 0.6 is 27.3 Å². The third kappa shape index (κ3) is 3.27. The van der Waals surface area contributed by atoms with Crippen molar-refractivity contribution in [1.82, 2.24) is 9.88 Å². The molecule has 0 bridgehead atoms. The Morgan fingerprint density at radius 2 is 2.12 bits per heavy atom. The van der Waals surface area contributed by atoms with E-state index in [1.165, 1.54) is 23.5 Å². The number of hydrogen-bond acceptors (Lipinski definition) is 2. The fraction of sp³-hybridized carbons (Fsp3) is 0.118. The Morgan fingerprint density at radius 1 is 1.33 bits per heavy atom. The SMILES string of the molecule is C=CCNC(=O)c1cc2sc(Br)cc2n1Cc1ccc(F)cc1F. The number of nitrogens with one attached hydrogen (secondary N) is 1. The summed E-state index contributed by atoms with van der Waals surface area (Å²) in [6, 6.07) is 7.09. The summed E-state index contributed by atoms with van der Waals surface area (Å²) < 4.78 is 30.7. The lowest BCUT2D eigenvalue weighted by molar-refractivity contribution is 0.0949. The average molecular weight is 411 g/mol. The van der Waals surface area contributed by atoms with Crippen molar-refractivity contribution in [3.05, 3.63) is 69.7 Å². The lowest BCUT2D eigenvalue weighted by Gasteiger charge is -2.11. The molecular formula is C17H13BrF2N2OS. The molecule has 0 aliphatic carbocycles. The molecule has 0 saturated heterocycles. The van der Waals surface area contributed by atoms with Gasteiger partial charge in [-0.2, -0.15) is 0 Å². The first-order chi connectivity index (χ1) is 11.5. The average Bonchev–Trinajstić information content (AvgIpc) is 3.04. The van der Waals surface area contributed by atoms with E-state index >= 15 is 0 Å². The second-order valence-electron chi connectivity index (χ2n) is 5.15. The highest BCUT2D eigenvalue weighted by Gasteiger charge is 2.18. The molecule has 0 unspecified atom stereocenters. The van der Waals surface area contributed by atoms with Gasteiger partial charge in [-0.1, -0.05) is 12.1 Å². The molecule has 7 heteroatoms. The van der Waals surface area contributed by atoms with E-state index in [1.54, 1.807) is 16.7 Å². The number of benzene rings is 1. The van der Waals surface area contributed by atoms with Crippen molar-refractivity contribution in [3.8, 4) is 0 Å². The minimum Gasteiger partial charge on any atom is -0.347 e. The quantitative estimate of drug-likeness (QED) is 0.607. The van der Waals surface area contributed by atoms with Crippen LogP contribution in [0.5, 0.6) is 0 Å². The summed E-state index contributed by atoms with van der Waals surface area (Å²) in [6.45, 7) is 4.04. The molecule has 0 aliphatic heterocycles. The maximum Gasteiger partial charge on any atom is 0.268 e. The number of hydrogen-bond donors (Lipinski definition) is 1. The van der Waals surface area contributed by atoms with Crippen molar-refractivity contribution >= 4 is 43.4 Å². The van der Waals surface area contributed by atoms with E-state index < -0.39 is 11.6 Å². The molecule has 3 nitrogen and oxygen atoms in total. The van der Waals surface area contributed by atoms with Gasteiger partial charge >= 0.3 is 0 Å². The van der Waals surface area contributed by atoms with Crippen LogP contribution in [0, 0.1) is 11.6 Å². The van der Waals surface area contributed by atoms with Crippen LogP contribution in [-0.4, -0.2) is 17.0 Å². The van der Waals surface area contributed by atoms with Crippen LogP contribution in [0.25, 0.3) is 10.2 Å². The monoisotopic (exact) mass is 410 g/mol. The first-order valence-electron chi connectivity index (χ1n) is 7.11. The van der Waals surface area contributed by atoms with E-state index in [-0.39, 0.29) is 12.5 Å². The van der Waals surface area contributed by atoms with Crippen LogP contribution < -0.4 is 5.32 Å². The summed E-state index contributed by atoms with van der Waals surface area (Å²) in [5, 5.41) is 2.73. The number of aromatic nitrogens is 1. The fourth-order valence-corrected chi connectivity index (χ4v) is 4.01. The highest BCUT2D eigenvalue weighted by molar-refractivity contribution is 9.11. The van der Waals surface area contributed by atoms with Gasteiger partial charge in [-0.3, -0.25) is 4.79 Å². The number of fused-ring (bicyclic) bond motifs is 1. The number of rotatable bonds is 5. The van der Waals surface area contributed by atoms with Gasteiger partial charge in [-0.15, -0.1) is 17.9 Å². The van der Waals surface area contributed by atoms with Crippen molar-refractivity contribution in [3.63, 3.8) is 0 Å². The van der Waals surface area contributed by atoms with E-state index in [2.05, 4.69) is 27.8 Å². The van der Waals surface area contributed by atoms with Gasteiger partial charge in [0.05, 0.1) is 20.5 Å². The van der Waals surface area contributed by atoms with E-state index in [1.807, 2.05) is 6.07 Å². The molecule has 0 fully saturated rings. The van der Waals surface area contributed by atoms with Gasteiger partial charge in [0.1, 0.15) is 17.3 Å². The summed E-state index contributed by atoms with van der Waals surface area (Å²) in [7, 11) is 0. The van der Waals surface area contributed by atoms with Crippen molar-refractivity contribution in [2.75, 3.05) is 6.54 Å². The summed E-state index contributed by atoms with van der Waals surface area (Å²) in [5.74, 6) is -1.53. The van der Waals surface area contributed by atoms with Crippen LogP contribution in [-0.2, 0) is 6.54 Å². The van der Waals surface area contributed by atoms with Gasteiger partial charge in [0, 0.05) is 18.2 Å². The molecule has 3 aromatic rings. The zero-order chi connectivity index (χ0) is 17.3. The standard InChI is InChI=1S/C17H13BrF2N2OS/c1-2-5-21-17(23)14-7-15-13(8-16(18)24-15)22(14)9-10-3-4-11(19)6-12(10)20/h2-4,6-8H,1,5,9H2,(H,21,23). The number of nitrogens with zero attached hydrogens (tertiary/aromatic N) is 1. The zero-order valence-electron chi connectivity index (χ0n) is 12.5. The lowest BCUT2D eigenvalue weighted by Crippen LogP contribution is -2.26. The molecule has 1 aromatic carbocycles. The topological polar surface area (TPSA) is 34.0 Å². The first kappa shape index (κ1) is 16.9. The molecule has 124 valence electrons. The predicted molar refractivity (Wildman–Crippen MR) is 95.5 cm³/mol. The Hall–Kier alpha value is -1.99. The van der Waals surface area contributed by atoms with Crippen molar-refractivity contribution in [1.29, 1.82) is 0 Å². The zero-order valence-corrected chi connectivity index (χ0v) is 14.9. The molecule has 0 radical (unpaired) electrons. The molecule has 0 spiro atoms. The van der Waals surface area contributed by atoms with Crippen molar-refractivity contribution in [2.45, 2.75) is 6.54 Å². The maximum atomic E-state index is 14.0. The van der Waals surface area contributed by atoms with Gasteiger partial charge in [0.15, 0.2) is 0 Å². The Kier molecular flexibility index (Phi) is 4.82. The lowest BCUT2D eigenvalue weighted by atomic mass is 10.2. The molecule has 0 atom stereocenters. The minimum atomic E-state index is -0.636. The fourth-order valence-electron chi connectivity index (χ4n) is 2.45. The van der Waals surface area contributed by atoms with Gasteiger partial charge in [-0.05, 0) is 34.1 Å². The molecule has 1 N–H and O–H groups in total. The molecule has 2 heterocycles. The van der Waals surface area contributed by atoms with Crippen LogP contribution in [0.15, 0.2) is 46.8 Å². The second-order valence-corrected chi connectivity index (χ2v) is 7.61. The molecule has 0 aliphatic rings. The highest BCUT2D eigenvalue weighted by atomic mass is 79.9. The van der Waals surface area contributed by atoms with Gasteiger partial charge in [0.2, 0.25) is 0 Å². The normalized spacial score (nSPS) is 11.0. The Bertz CT molecular complexity index is 932. The minimum absolute atomic E-state index is 0.135. The summed E-state index contributed by atoms with van der Waals surface area (Å²) in [4.78, 5) is 12.4. The Morgan fingerprint density at radius 3 is 2.83 bits per heavy atom. The molecule has 2 aromatic heterocycles. The number of carbonyl (C=O) groups is 1. The van der Waals surface area contributed by atoms with E-state index in [0.717, 1.165) is 20.1 Å². The summed E-state index contributed by atoms with van der Waals surface area (Å²) in [6.07, 6.45) is 1.59. The molecule has 1 amide bonds. The maximum absolute atomic E-state index is 14.0. The van der Waals surface area contributed by atoms with Gasteiger partial charge in [0.25, 0.3) is 5.91 Å². The summed E-state index contributed by atoms with van der Waals surface area (Å²) >= 11 is 4.91. The largest absolute Gasteiger partial charge is 0.347 e. The number of carbonyl (C=O) groups excluding carboxylic acids is 1. The van der Waals surface area contributed by atoms with Crippen molar-refractivity contribution in [2.24, 2.45) is 0 Å². The van der Waals surface area contributed by atoms with Crippen LogP contribution in [0.3, 0.4) is 0 Å². The molecular weight excluding hydrogens is 398 g/mol.